The quantitative estimate of drug-likeness (QED) is 0.458. The second-order valence-electron chi connectivity index (χ2n) is 6.38. The van der Waals surface area contributed by atoms with E-state index >= 15 is 0 Å². The smallest absolute Gasteiger partial charge is 0.273 e. The van der Waals surface area contributed by atoms with Gasteiger partial charge in [0.2, 0.25) is 0 Å². The first kappa shape index (κ1) is 20.9. The Labute approximate surface area is 158 Å². The molecule has 0 aliphatic carbocycles. The van der Waals surface area contributed by atoms with Crippen LogP contribution in [0.25, 0.3) is 0 Å². The Morgan fingerprint density at radius 1 is 1.37 bits per heavy atom. The zero-order valence-corrected chi connectivity index (χ0v) is 16.2. The number of sulfone groups is 1. The fourth-order valence-corrected chi connectivity index (χ4v) is 4.71. The highest BCUT2D eigenvalue weighted by atomic mass is 32.2. The first-order valence-corrected chi connectivity index (χ1v) is 10.5. The van der Waals surface area contributed by atoms with E-state index in [9.17, 15) is 23.3 Å². The SMILES string of the molecule is CCCCN(C(=O)COc1cc([N+](=O)[O-])ccc1OC)[C@H]1CCS(=O)(=O)C1. The number of methoxy groups -OCH3 is 1. The topological polar surface area (TPSA) is 116 Å². The zero-order valence-electron chi connectivity index (χ0n) is 15.4. The predicted molar refractivity (Wildman–Crippen MR) is 98.8 cm³/mol. The van der Waals surface area contributed by atoms with E-state index in [4.69, 9.17) is 9.47 Å². The Bertz CT molecular complexity index is 794. The van der Waals surface area contributed by atoms with Gasteiger partial charge in [0.15, 0.2) is 27.9 Å². The van der Waals surface area contributed by atoms with Gasteiger partial charge in [0.05, 0.1) is 29.6 Å². The van der Waals surface area contributed by atoms with Crippen molar-refractivity contribution < 1.29 is 27.6 Å². The molecular formula is C17H24N2O7S. The maximum absolute atomic E-state index is 12.7. The molecule has 1 fully saturated rings. The molecule has 27 heavy (non-hydrogen) atoms. The lowest BCUT2D eigenvalue weighted by molar-refractivity contribution is -0.385. The summed E-state index contributed by atoms with van der Waals surface area (Å²) >= 11 is 0. The minimum absolute atomic E-state index is 0.0391. The third kappa shape index (κ3) is 5.56. The first-order chi connectivity index (χ1) is 12.8. The molecule has 1 aliphatic rings. The summed E-state index contributed by atoms with van der Waals surface area (Å²) in [5.41, 5.74) is -0.178. The van der Waals surface area contributed by atoms with Crippen molar-refractivity contribution in [3.8, 4) is 11.5 Å². The van der Waals surface area contributed by atoms with Crippen LogP contribution in [0.5, 0.6) is 11.5 Å². The van der Waals surface area contributed by atoms with Crippen molar-refractivity contribution in [2.45, 2.75) is 32.2 Å². The van der Waals surface area contributed by atoms with Crippen molar-refractivity contribution in [3.63, 3.8) is 0 Å². The summed E-state index contributed by atoms with van der Waals surface area (Å²) in [4.78, 5) is 24.6. The molecule has 1 atom stereocenters. The van der Waals surface area contributed by atoms with Crippen LogP contribution in [0.2, 0.25) is 0 Å². The molecule has 0 saturated carbocycles. The molecule has 1 aliphatic heterocycles. The number of carbonyl (C=O) groups excluding carboxylic acids is 1. The number of rotatable bonds is 9. The van der Waals surface area contributed by atoms with Crippen LogP contribution >= 0.6 is 0 Å². The van der Waals surface area contributed by atoms with Crippen molar-refractivity contribution in [3.05, 3.63) is 28.3 Å². The largest absolute Gasteiger partial charge is 0.493 e. The third-order valence-corrected chi connectivity index (χ3v) is 6.18. The molecule has 0 aromatic heterocycles. The van der Waals surface area contributed by atoms with Crippen molar-refractivity contribution >= 4 is 21.4 Å². The Balaban J connectivity index is 2.11. The van der Waals surface area contributed by atoms with E-state index in [1.165, 1.54) is 25.3 Å². The van der Waals surface area contributed by atoms with Gasteiger partial charge in [0, 0.05) is 18.7 Å². The van der Waals surface area contributed by atoms with Gasteiger partial charge < -0.3 is 14.4 Å². The number of carbonyl (C=O) groups is 1. The average Bonchev–Trinajstić information content (AvgIpc) is 2.99. The second kappa shape index (κ2) is 9.03. The number of amides is 1. The number of hydrogen-bond acceptors (Lipinski definition) is 7. The van der Waals surface area contributed by atoms with E-state index in [2.05, 4.69) is 0 Å². The minimum atomic E-state index is -3.12. The summed E-state index contributed by atoms with van der Waals surface area (Å²) in [5, 5.41) is 10.9. The lowest BCUT2D eigenvalue weighted by atomic mass is 10.2. The molecule has 0 radical (unpaired) electrons. The number of nitrogens with zero attached hydrogens (tertiary/aromatic N) is 2. The first-order valence-electron chi connectivity index (χ1n) is 8.72. The molecule has 1 aromatic carbocycles. The number of nitro benzene ring substituents is 1. The van der Waals surface area contributed by atoms with Gasteiger partial charge in [-0.15, -0.1) is 0 Å². The van der Waals surface area contributed by atoms with E-state index in [0.29, 0.717) is 13.0 Å². The van der Waals surface area contributed by atoms with Crippen LogP contribution in [0.3, 0.4) is 0 Å². The number of non-ortho nitro benzene ring substituents is 1. The van der Waals surface area contributed by atoms with Gasteiger partial charge in [-0.2, -0.15) is 0 Å². The van der Waals surface area contributed by atoms with Crippen LogP contribution in [0.15, 0.2) is 18.2 Å². The van der Waals surface area contributed by atoms with Crippen molar-refractivity contribution in [2.24, 2.45) is 0 Å². The van der Waals surface area contributed by atoms with Crippen LogP contribution in [0, 0.1) is 10.1 Å². The fraction of sp³-hybridized carbons (Fsp3) is 0.588. The standard InChI is InChI=1S/C17H24N2O7S/c1-3-4-8-18(14-7-9-27(23,24)12-14)17(20)11-26-16-10-13(19(21)22)5-6-15(16)25-2/h5-6,10,14H,3-4,7-9,11-12H2,1-2H3/t14-/m0/s1. The lowest BCUT2D eigenvalue weighted by Crippen LogP contribution is -2.44. The Morgan fingerprint density at radius 2 is 2.11 bits per heavy atom. The van der Waals surface area contributed by atoms with Gasteiger partial charge in [-0.1, -0.05) is 13.3 Å². The van der Waals surface area contributed by atoms with E-state index in [-0.39, 0.29) is 47.2 Å². The van der Waals surface area contributed by atoms with Crippen LogP contribution < -0.4 is 9.47 Å². The molecule has 0 N–H and O–H groups in total. The Kier molecular flexibility index (Phi) is 7.00. The molecule has 1 amide bonds. The fourth-order valence-electron chi connectivity index (χ4n) is 2.97. The highest BCUT2D eigenvalue weighted by Gasteiger charge is 2.34. The van der Waals surface area contributed by atoms with Crippen LogP contribution in [-0.2, 0) is 14.6 Å². The summed E-state index contributed by atoms with van der Waals surface area (Å²) in [6, 6.07) is 3.52. The van der Waals surface area contributed by atoms with Crippen molar-refractivity contribution in [1.82, 2.24) is 4.90 Å². The van der Waals surface area contributed by atoms with Crippen LogP contribution in [-0.4, -0.2) is 62.0 Å². The maximum atomic E-state index is 12.7. The number of hydrogen-bond donors (Lipinski definition) is 0. The average molecular weight is 400 g/mol. The van der Waals surface area contributed by atoms with Crippen molar-refractivity contribution in [2.75, 3.05) is 31.8 Å². The van der Waals surface area contributed by atoms with Gasteiger partial charge in [-0.3, -0.25) is 14.9 Å². The molecule has 9 nitrogen and oxygen atoms in total. The van der Waals surface area contributed by atoms with Crippen LogP contribution in [0.1, 0.15) is 26.2 Å². The summed E-state index contributed by atoms with van der Waals surface area (Å²) in [7, 11) is -1.73. The molecule has 2 rings (SSSR count). The van der Waals surface area contributed by atoms with Gasteiger partial charge in [-0.05, 0) is 18.9 Å². The number of benzene rings is 1. The number of unbranched alkanes of at least 4 members (excludes halogenated alkanes) is 1. The molecule has 1 heterocycles. The predicted octanol–water partition coefficient (Wildman–Crippen LogP) is 1.80. The lowest BCUT2D eigenvalue weighted by Gasteiger charge is -2.28. The zero-order chi connectivity index (χ0) is 20.0. The molecule has 1 saturated heterocycles. The third-order valence-electron chi connectivity index (χ3n) is 4.43. The molecule has 10 heteroatoms. The molecule has 0 spiro atoms. The molecular weight excluding hydrogens is 376 g/mol. The summed E-state index contributed by atoms with van der Waals surface area (Å²) in [6.45, 7) is 2.08. The van der Waals surface area contributed by atoms with E-state index < -0.39 is 14.8 Å². The summed E-state index contributed by atoms with van der Waals surface area (Å²) in [6.07, 6.45) is 2.03. The summed E-state index contributed by atoms with van der Waals surface area (Å²) in [5.74, 6) is 0.0565. The van der Waals surface area contributed by atoms with Gasteiger partial charge in [0.25, 0.3) is 11.6 Å². The van der Waals surface area contributed by atoms with Crippen molar-refractivity contribution in [1.29, 1.82) is 0 Å². The van der Waals surface area contributed by atoms with E-state index in [0.717, 1.165) is 12.8 Å². The Morgan fingerprint density at radius 3 is 2.67 bits per heavy atom. The van der Waals surface area contributed by atoms with Gasteiger partial charge in [-0.25, -0.2) is 8.42 Å². The number of ether oxygens (including phenoxy) is 2. The number of nitro groups is 1. The normalized spacial score (nSPS) is 18.1. The Hall–Kier alpha value is -2.36. The van der Waals surface area contributed by atoms with E-state index in [1.807, 2.05) is 6.92 Å². The van der Waals surface area contributed by atoms with Crippen LogP contribution in [0.4, 0.5) is 5.69 Å². The minimum Gasteiger partial charge on any atom is -0.493 e. The second-order valence-corrected chi connectivity index (χ2v) is 8.61. The highest BCUT2D eigenvalue weighted by molar-refractivity contribution is 7.91. The maximum Gasteiger partial charge on any atom is 0.273 e. The van der Waals surface area contributed by atoms with Gasteiger partial charge in [0.1, 0.15) is 0 Å². The summed E-state index contributed by atoms with van der Waals surface area (Å²) < 4.78 is 34.1. The molecule has 1 aromatic rings. The molecule has 0 bridgehead atoms. The van der Waals surface area contributed by atoms with E-state index in [1.54, 1.807) is 4.90 Å². The highest BCUT2D eigenvalue weighted by Crippen LogP contribution is 2.31. The molecule has 150 valence electrons. The van der Waals surface area contributed by atoms with Gasteiger partial charge >= 0.3 is 0 Å². The molecule has 0 unspecified atom stereocenters. The monoisotopic (exact) mass is 400 g/mol.